The Balaban J connectivity index is 3.29. The predicted molar refractivity (Wildman–Crippen MR) is 62.0 cm³/mol. The summed E-state index contributed by atoms with van der Waals surface area (Å²) in [5.74, 6) is 6.09. The van der Waals surface area contributed by atoms with E-state index in [1.807, 2.05) is 0 Å². The molecular formula is C13H22O. The molecule has 0 aromatic heterocycles. The summed E-state index contributed by atoms with van der Waals surface area (Å²) in [6, 6.07) is 0. The van der Waals surface area contributed by atoms with Gasteiger partial charge in [-0.2, -0.15) is 0 Å². The topological polar surface area (TPSA) is 20.2 Å². The number of unbranched alkanes of at least 4 members (excludes halogenated alkanes) is 4. The molecule has 1 heteroatoms. The molecule has 0 aromatic carbocycles. The van der Waals surface area contributed by atoms with Crippen LogP contribution in [0.2, 0.25) is 0 Å². The van der Waals surface area contributed by atoms with E-state index in [0.29, 0.717) is 12.8 Å². The molecule has 0 bridgehead atoms. The molecule has 0 aromatic rings. The zero-order valence-electron chi connectivity index (χ0n) is 9.26. The second-order valence-corrected chi connectivity index (χ2v) is 3.55. The van der Waals surface area contributed by atoms with Crippen molar-refractivity contribution in [3.8, 4) is 11.8 Å². The van der Waals surface area contributed by atoms with Gasteiger partial charge in [-0.25, -0.2) is 0 Å². The standard InChI is InChI=1S/C13H22O/c1-3-5-6-7-8-9-10-12-13(14)11-4-2/h4,13-14H,2-3,5-8,11-12H2,1H3. The first-order valence-electron chi connectivity index (χ1n) is 5.56. The fraction of sp³-hybridized carbons (Fsp3) is 0.692. The van der Waals surface area contributed by atoms with Crippen molar-refractivity contribution in [2.24, 2.45) is 0 Å². The Hall–Kier alpha value is -0.740. The minimum Gasteiger partial charge on any atom is -0.392 e. The Labute approximate surface area is 88.2 Å². The highest BCUT2D eigenvalue weighted by molar-refractivity contribution is 5.00. The monoisotopic (exact) mass is 194 g/mol. The number of hydrogen-bond donors (Lipinski definition) is 1. The van der Waals surface area contributed by atoms with Crippen LogP contribution in [0.4, 0.5) is 0 Å². The average Bonchev–Trinajstić information content (AvgIpc) is 2.17. The van der Waals surface area contributed by atoms with Crippen molar-refractivity contribution in [1.29, 1.82) is 0 Å². The Morgan fingerprint density at radius 1 is 1.29 bits per heavy atom. The highest BCUT2D eigenvalue weighted by Gasteiger charge is 1.96. The van der Waals surface area contributed by atoms with Gasteiger partial charge < -0.3 is 5.11 Å². The molecular weight excluding hydrogens is 172 g/mol. The molecule has 0 radical (unpaired) electrons. The van der Waals surface area contributed by atoms with E-state index < -0.39 is 0 Å². The molecule has 1 N–H and O–H groups in total. The minimum atomic E-state index is -0.323. The summed E-state index contributed by atoms with van der Waals surface area (Å²) < 4.78 is 0. The number of hydrogen-bond acceptors (Lipinski definition) is 1. The van der Waals surface area contributed by atoms with Crippen LogP contribution in [0, 0.1) is 11.8 Å². The van der Waals surface area contributed by atoms with Crippen LogP contribution in [0.25, 0.3) is 0 Å². The van der Waals surface area contributed by atoms with Gasteiger partial charge in [-0.1, -0.05) is 32.3 Å². The lowest BCUT2D eigenvalue weighted by atomic mass is 10.1. The fourth-order valence-electron chi connectivity index (χ4n) is 1.19. The summed E-state index contributed by atoms with van der Waals surface area (Å²) in [6.45, 7) is 5.78. The van der Waals surface area contributed by atoms with Gasteiger partial charge in [0.2, 0.25) is 0 Å². The number of rotatable bonds is 7. The van der Waals surface area contributed by atoms with Crippen LogP contribution in [-0.4, -0.2) is 11.2 Å². The van der Waals surface area contributed by atoms with Gasteiger partial charge in [0.05, 0.1) is 6.10 Å². The molecule has 1 nitrogen and oxygen atoms in total. The van der Waals surface area contributed by atoms with Crippen molar-refractivity contribution in [3.63, 3.8) is 0 Å². The SMILES string of the molecule is C=CCC(O)CC#CCCCCCC. The molecule has 0 fully saturated rings. The zero-order valence-corrected chi connectivity index (χ0v) is 9.26. The molecule has 80 valence electrons. The van der Waals surface area contributed by atoms with Crippen LogP contribution < -0.4 is 0 Å². The van der Waals surface area contributed by atoms with Crippen molar-refractivity contribution < 1.29 is 5.11 Å². The third-order valence-electron chi connectivity index (χ3n) is 2.06. The van der Waals surface area contributed by atoms with Gasteiger partial charge in [0.1, 0.15) is 0 Å². The maximum Gasteiger partial charge on any atom is 0.0683 e. The quantitative estimate of drug-likeness (QED) is 0.374. The summed E-state index contributed by atoms with van der Waals surface area (Å²) in [6.07, 6.45) is 8.65. The van der Waals surface area contributed by atoms with Crippen LogP contribution in [0.3, 0.4) is 0 Å². The van der Waals surface area contributed by atoms with Gasteiger partial charge in [0, 0.05) is 12.8 Å². The maximum absolute atomic E-state index is 9.32. The van der Waals surface area contributed by atoms with Gasteiger partial charge in [-0.15, -0.1) is 18.4 Å². The highest BCUT2D eigenvalue weighted by Crippen LogP contribution is 2.01. The van der Waals surface area contributed by atoms with Gasteiger partial charge in [0.25, 0.3) is 0 Å². The second kappa shape index (κ2) is 10.3. The second-order valence-electron chi connectivity index (χ2n) is 3.55. The van der Waals surface area contributed by atoms with Gasteiger partial charge in [0.15, 0.2) is 0 Å². The smallest absolute Gasteiger partial charge is 0.0683 e. The van der Waals surface area contributed by atoms with E-state index in [1.54, 1.807) is 6.08 Å². The average molecular weight is 194 g/mol. The largest absolute Gasteiger partial charge is 0.392 e. The van der Waals surface area contributed by atoms with Gasteiger partial charge >= 0.3 is 0 Å². The Morgan fingerprint density at radius 3 is 2.71 bits per heavy atom. The lowest BCUT2D eigenvalue weighted by Crippen LogP contribution is -2.02. The molecule has 0 aliphatic carbocycles. The third-order valence-corrected chi connectivity index (χ3v) is 2.06. The van der Waals surface area contributed by atoms with E-state index in [2.05, 4.69) is 25.3 Å². The van der Waals surface area contributed by atoms with Crippen LogP contribution in [0.15, 0.2) is 12.7 Å². The van der Waals surface area contributed by atoms with Crippen molar-refractivity contribution in [1.82, 2.24) is 0 Å². The first-order valence-corrected chi connectivity index (χ1v) is 5.56. The molecule has 14 heavy (non-hydrogen) atoms. The molecule has 0 spiro atoms. The van der Waals surface area contributed by atoms with E-state index in [4.69, 9.17) is 0 Å². The van der Waals surface area contributed by atoms with Crippen molar-refractivity contribution >= 4 is 0 Å². The molecule has 0 saturated carbocycles. The summed E-state index contributed by atoms with van der Waals surface area (Å²) in [7, 11) is 0. The molecule has 1 atom stereocenters. The lowest BCUT2D eigenvalue weighted by Gasteiger charge is -2.00. The Morgan fingerprint density at radius 2 is 2.07 bits per heavy atom. The van der Waals surface area contributed by atoms with E-state index >= 15 is 0 Å². The molecule has 0 aliphatic heterocycles. The molecule has 0 saturated heterocycles. The van der Waals surface area contributed by atoms with E-state index in [1.165, 1.54) is 25.7 Å². The molecule has 0 heterocycles. The van der Waals surface area contributed by atoms with Crippen molar-refractivity contribution in [3.05, 3.63) is 12.7 Å². The minimum absolute atomic E-state index is 0.323. The summed E-state index contributed by atoms with van der Waals surface area (Å²) in [4.78, 5) is 0. The lowest BCUT2D eigenvalue weighted by molar-refractivity contribution is 0.184. The van der Waals surface area contributed by atoms with Crippen molar-refractivity contribution in [2.75, 3.05) is 0 Å². The Kier molecular flexibility index (Phi) is 9.79. The molecule has 0 aliphatic rings. The van der Waals surface area contributed by atoms with Crippen LogP contribution in [0.5, 0.6) is 0 Å². The Bertz CT molecular complexity index is 185. The first kappa shape index (κ1) is 13.3. The summed E-state index contributed by atoms with van der Waals surface area (Å²) in [5.41, 5.74) is 0. The van der Waals surface area contributed by atoms with E-state index in [0.717, 1.165) is 6.42 Å². The van der Waals surface area contributed by atoms with E-state index in [9.17, 15) is 5.11 Å². The zero-order chi connectivity index (χ0) is 10.6. The molecule has 1 unspecified atom stereocenters. The van der Waals surface area contributed by atoms with E-state index in [-0.39, 0.29) is 6.10 Å². The van der Waals surface area contributed by atoms with Gasteiger partial charge in [-0.3, -0.25) is 0 Å². The summed E-state index contributed by atoms with van der Waals surface area (Å²) >= 11 is 0. The highest BCUT2D eigenvalue weighted by atomic mass is 16.3. The number of aliphatic hydroxyl groups is 1. The normalized spacial score (nSPS) is 11.6. The molecule has 0 amide bonds. The maximum atomic E-state index is 9.32. The van der Waals surface area contributed by atoms with Crippen LogP contribution >= 0.6 is 0 Å². The predicted octanol–water partition coefficient (Wildman–Crippen LogP) is 3.29. The molecule has 0 rings (SSSR count). The van der Waals surface area contributed by atoms with Crippen LogP contribution in [-0.2, 0) is 0 Å². The van der Waals surface area contributed by atoms with Crippen molar-refractivity contribution in [2.45, 2.75) is 58.0 Å². The first-order chi connectivity index (χ1) is 6.81. The number of aliphatic hydroxyl groups excluding tert-OH is 1. The fourth-order valence-corrected chi connectivity index (χ4v) is 1.19. The summed E-state index contributed by atoms with van der Waals surface area (Å²) in [5, 5.41) is 9.32. The van der Waals surface area contributed by atoms with Crippen LogP contribution in [0.1, 0.15) is 51.9 Å². The van der Waals surface area contributed by atoms with Gasteiger partial charge in [-0.05, 0) is 12.8 Å². The third kappa shape index (κ3) is 9.35.